The van der Waals surface area contributed by atoms with Crippen molar-refractivity contribution >= 4 is 28.3 Å². The van der Waals surface area contributed by atoms with Crippen molar-refractivity contribution in [2.45, 2.75) is 63.9 Å². The minimum atomic E-state index is -0.672. The van der Waals surface area contributed by atoms with E-state index in [1.807, 2.05) is 0 Å². The molecule has 0 aromatic carbocycles. The van der Waals surface area contributed by atoms with E-state index in [4.69, 9.17) is 0 Å². The van der Waals surface area contributed by atoms with Crippen LogP contribution in [0.4, 0.5) is 5.13 Å². The van der Waals surface area contributed by atoms with Gasteiger partial charge in [0.1, 0.15) is 0 Å². The summed E-state index contributed by atoms with van der Waals surface area (Å²) in [5.74, 6) is 0.337. The zero-order chi connectivity index (χ0) is 18.4. The molecule has 7 heteroatoms. The Morgan fingerprint density at radius 1 is 1.31 bits per heavy atom. The topological polar surface area (TPSA) is 91.3 Å². The first-order chi connectivity index (χ1) is 12.4. The number of nitrogens with zero attached hydrogens (tertiary/aromatic N) is 1. The number of carbonyl (C=O) groups is 2. The number of hydrogen-bond acceptors (Lipinski definition) is 5. The highest BCUT2D eigenvalue weighted by Crippen LogP contribution is 2.67. The van der Waals surface area contributed by atoms with Crippen LogP contribution in [0.25, 0.3) is 0 Å². The van der Waals surface area contributed by atoms with Gasteiger partial charge in [-0.1, -0.05) is 13.3 Å². The number of thiazole rings is 1. The molecule has 1 aromatic rings. The van der Waals surface area contributed by atoms with E-state index in [2.05, 4.69) is 22.5 Å². The van der Waals surface area contributed by atoms with Gasteiger partial charge >= 0.3 is 0 Å². The van der Waals surface area contributed by atoms with Crippen molar-refractivity contribution in [1.82, 2.24) is 10.3 Å². The summed E-state index contributed by atoms with van der Waals surface area (Å²) in [6, 6.07) is 0. The fourth-order valence-electron chi connectivity index (χ4n) is 6.18. The van der Waals surface area contributed by atoms with Crippen molar-refractivity contribution in [3.8, 4) is 0 Å². The number of nitrogens with one attached hydrogen (secondary N) is 2. The van der Waals surface area contributed by atoms with Crippen LogP contribution in [0.1, 0.15) is 58.3 Å². The van der Waals surface area contributed by atoms with Crippen LogP contribution in [-0.4, -0.2) is 34.1 Å². The molecule has 4 atom stereocenters. The molecule has 4 bridgehead atoms. The Balaban J connectivity index is 1.36. The van der Waals surface area contributed by atoms with Gasteiger partial charge in [0.25, 0.3) is 0 Å². The van der Waals surface area contributed by atoms with Gasteiger partial charge in [-0.05, 0) is 49.9 Å². The summed E-state index contributed by atoms with van der Waals surface area (Å²) in [7, 11) is 0. The molecule has 0 unspecified atom stereocenters. The van der Waals surface area contributed by atoms with Crippen LogP contribution in [0.5, 0.6) is 0 Å². The van der Waals surface area contributed by atoms with E-state index in [-0.39, 0.29) is 23.7 Å². The zero-order valence-corrected chi connectivity index (χ0v) is 16.0. The maximum absolute atomic E-state index is 13.0. The second kappa shape index (κ2) is 6.30. The SMILES string of the molecule is CC[C@@]12C[C@@H]3C[C@@](O)(C1)C[C@@](C(=O)NCCC(=O)Nc1nccs1)(C3)C2. The highest BCUT2D eigenvalue weighted by Gasteiger charge is 2.64. The van der Waals surface area contributed by atoms with Crippen molar-refractivity contribution in [2.24, 2.45) is 16.7 Å². The summed E-state index contributed by atoms with van der Waals surface area (Å²) >= 11 is 1.37. The van der Waals surface area contributed by atoms with E-state index in [9.17, 15) is 14.7 Å². The first-order valence-electron chi connectivity index (χ1n) is 9.56. The van der Waals surface area contributed by atoms with Gasteiger partial charge in [-0.3, -0.25) is 9.59 Å². The lowest BCUT2D eigenvalue weighted by Gasteiger charge is -2.64. The Hall–Kier alpha value is -1.47. The normalized spacial score (nSPS) is 37.5. The third-order valence-electron chi connectivity index (χ3n) is 6.70. The molecule has 4 aliphatic rings. The van der Waals surface area contributed by atoms with E-state index >= 15 is 0 Å². The van der Waals surface area contributed by atoms with Crippen LogP contribution >= 0.6 is 11.3 Å². The predicted octanol–water partition coefficient (Wildman–Crippen LogP) is 2.70. The standard InChI is InChI=1S/C19H27N3O3S/c1-2-17-7-13-8-18(10-17,12-19(25,9-13)11-17)15(24)20-4-3-14(23)22-16-21-5-6-26-16/h5-6,13,25H,2-4,7-12H2,1H3,(H,20,24)(H,21,22,23)/t13-,17-,18+,19+/m0/s1. The van der Waals surface area contributed by atoms with E-state index in [0.717, 1.165) is 38.5 Å². The quantitative estimate of drug-likeness (QED) is 0.711. The van der Waals surface area contributed by atoms with E-state index in [1.54, 1.807) is 11.6 Å². The summed E-state index contributed by atoms with van der Waals surface area (Å²) in [5, 5.41) is 19.1. The second-order valence-corrected chi connectivity index (χ2v) is 9.65. The fraction of sp³-hybridized carbons (Fsp3) is 0.737. The molecule has 0 aliphatic heterocycles. The van der Waals surface area contributed by atoms with Crippen LogP contribution < -0.4 is 10.6 Å². The number of aromatic nitrogens is 1. The highest BCUT2D eigenvalue weighted by atomic mass is 32.1. The minimum absolute atomic E-state index is 0.0277. The summed E-state index contributed by atoms with van der Waals surface area (Å²) < 4.78 is 0. The molecule has 1 aromatic heterocycles. The largest absolute Gasteiger partial charge is 0.390 e. The van der Waals surface area contributed by atoms with Gasteiger partial charge in [-0.25, -0.2) is 4.98 Å². The highest BCUT2D eigenvalue weighted by molar-refractivity contribution is 7.13. The van der Waals surface area contributed by atoms with E-state index in [1.165, 1.54) is 11.3 Å². The maximum Gasteiger partial charge on any atom is 0.227 e. The van der Waals surface area contributed by atoms with Gasteiger partial charge in [-0.15, -0.1) is 11.3 Å². The van der Waals surface area contributed by atoms with Crippen LogP contribution in [0.15, 0.2) is 11.6 Å². The maximum atomic E-state index is 13.0. The summed E-state index contributed by atoms with van der Waals surface area (Å²) in [5.41, 5.74) is -1.00. The Bertz CT molecular complexity index is 709. The molecule has 26 heavy (non-hydrogen) atoms. The molecule has 3 N–H and O–H groups in total. The molecule has 5 rings (SSSR count). The number of hydrogen-bond donors (Lipinski definition) is 3. The van der Waals surface area contributed by atoms with Gasteiger partial charge in [0.15, 0.2) is 5.13 Å². The molecular formula is C19H27N3O3S. The van der Waals surface area contributed by atoms with Crippen molar-refractivity contribution in [3.05, 3.63) is 11.6 Å². The molecule has 0 radical (unpaired) electrons. The lowest BCUT2D eigenvalue weighted by molar-refractivity contribution is -0.204. The van der Waals surface area contributed by atoms with Crippen molar-refractivity contribution < 1.29 is 14.7 Å². The molecule has 1 heterocycles. The summed E-state index contributed by atoms with van der Waals surface area (Å²) in [6.45, 7) is 2.51. The van der Waals surface area contributed by atoms with Crippen molar-refractivity contribution in [3.63, 3.8) is 0 Å². The average Bonchev–Trinajstić information content (AvgIpc) is 3.05. The predicted molar refractivity (Wildman–Crippen MR) is 99.7 cm³/mol. The van der Waals surface area contributed by atoms with Crippen LogP contribution in [0, 0.1) is 16.7 Å². The monoisotopic (exact) mass is 377 g/mol. The smallest absolute Gasteiger partial charge is 0.227 e. The molecule has 0 saturated heterocycles. The fourth-order valence-corrected chi connectivity index (χ4v) is 6.72. The van der Waals surface area contributed by atoms with Gasteiger partial charge < -0.3 is 15.7 Å². The molecule has 6 nitrogen and oxygen atoms in total. The number of amides is 2. The van der Waals surface area contributed by atoms with Gasteiger partial charge in [0.2, 0.25) is 11.8 Å². The zero-order valence-electron chi connectivity index (χ0n) is 15.2. The van der Waals surface area contributed by atoms with Gasteiger partial charge in [0.05, 0.1) is 11.0 Å². The first kappa shape index (κ1) is 17.9. The minimum Gasteiger partial charge on any atom is -0.390 e. The van der Waals surface area contributed by atoms with E-state index < -0.39 is 11.0 Å². The Labute approximate surface area is 157 Å². The van der Waals surface area contributed by atoms with Gasteiger partial charge in [0, 0.05) is 24.5 Å². The number of aliphatic hydroxyl groups is 1. The Kier molecular flexibility index (Phi) is 4.34. The molecule has 4 fully saturated rings. The second-order valence-electron chi connectivity index (χ2n) is 8.76. The van der Waals surface area contributed by atoms with Gasteiger partial charge in [-0.2, -0.15) is 0 Å². The number of anilines is 1. The molecule has 4 saturated carbocycles. The van der Waals surface area contributed by atoms with Crippen LogP contribution in [-0.2, 0) is 9.59 Å². The molecule has 142 valence electrons. The Morgan fingerprint density at radius 2 is 2.15 bits per heavy atom. The number of carbonyl (C=O) groups excluding carboxylic acids is 2. The lowest BCUT2D eigenvalue weighted by Crippen LogP contribution is -2.63. The van der Waals surface area contributed by atoms with Crippen LogP contribution in [0.3, 0.4) is 0 Å². The first-order valence-corrected chi connectivity index (χ1v) is 10.4. The summed E-state index contributed by atoms with van der Waals surface area (Å²) in [6.07, 6.45) is 8.08. The Morgan fingerprint density at radius 3 is 2.85 bits per heavy atom. The number of rotatable bonds is 6. The average molecular weight is 378 g/mol. The van der Waals surface area contributed by atoms with Crippen molar-refractivity contribution in [1.29, 1.82) is 0 Å². The molecule has 4 aliphatic carbocycles. The molecule has 2 amide bonds. The third-order valence-corrected chi connectivity index (χ3v) is 7.39. The lowest BCUT2D eigenvalue weighted by atomic mass is 9.42. The van der Waals surface area contributed by atoms with Crippen LogP contribution in [0.2, 0.25) is 0 Å². The summed E-state index contributed by atoms with van der Waals surface area (Å²) in [4.78, 5) is 29.0. The van der Waals surface area contributed by atoms with Crippen molar-refractivity contribution in [2.75, 3.05) is 11.9 Å². The molecule has 0 spiro atoms. The third kappa shape index (κ3) is 3.16. The molecular weight excluding hydrogens is 350 g/mol. The van der Waals surface area contributed by atoms with E-state index in [0.29, 0.717) is 24.0 Å².